The fourth-order valence-corrected chi connectivity index (χ4v) is 6.72. The van der Waals surface area contributed by atoms with Crippen LogP contribution in [-0.4, -0.2) is 23.1 Å². The second-order valence-corrected chi connectivity index (χ2v) is 14.5. The third-order valence-corrected chi connectivity index (χ3v) is 9.83. The number of hydrogen-bond acceptors (Lipinski definition) is 3. The van der Waals surface area contributed by atoms with Crippen LogP contribution in [0.4, 0.5) is 0 Å². The van der Waals surface area contributed by atoms with E-state index in [-0.39, 0.29) is 18.5 Å². The van der Waals surface area contributed by atoms with Crippen molar-refractivity contribution in [3.8, 4) is 0 Å². The third-order valence-electron chi connectivity index (χ3n) is 9.83. The van der Waals surface area contributed by atoms with Crippen molar-refractivity contribution in [1.82, 2.24) is 0 Å². The Kier molecular flexibility index (Phi) is 37.5. The molecule has 0 rings (SSSR count). The number of hydrogen-bond donors (Lipinski definition) is 1. The van der Waals surface area contributed by atoms with Crippen LogP contribution in [0.2, 0.25) is 0 Å². The largest absolute Gasteiger partial charge is 0.481 e. The number of aliphatic carboxylic acids is 1. The Morgan fingerprint density at radius 1 is 0.391 bits per heavy atom. The minimum Gasteiger partial charge on any atom is -0.481 e. The van der Waals surface area contributed by atoms with Gasteiger partial charge in [-0.2, -0.15) is 0 Å². The van der Waals surface area contributed by atoms with Crippen LogP contribution in [0.3, 0.4) is 0 Å². The first-order valence-corrected chi connectivity index (χ1v) is 21.0. The Hall–Kier alpha value is -1.06. The molecule has 0 aromatic heterocycles. The molecule has 0 bridgehead atoms. The van der Waals surface area contributed by atoms with E-state index >= 15 is 0 Å². The maximum Gasteiger partial charge on any atom is 0.306 e. The molecule has 46 heavy (non-hydrogen) atoms. The average Bonchev–Trinajstić information content (AvgIpc) is 3.04. The highest BCUT2D eigenvalue weighted by Crippen LogP contribution is 2.19. The van der Waals surface area contributed by atoms with Gasteiger partial charge in [0.2, 0.25) is 0 Å². The summed E-state index contributed by atoms with van der Waals surface area (Å²) in [5.74, 6) is -0.713. The van der Waals surface area contributed by atoms with Crippen LogP contribution in [-0.2, 0) is 14.3 Å². The minimum absolute atomic E-state index is 0.00625. The van der Waals surface area contributed by atoms with Gasteiger partial charge in [-0.1, -0.05) is 200 Å². The van der Waals surface area contributed by atoms with Gasteiger partial charge in [0.25, 0.3) is 0 Å². The molecule has 0 heterocycles. The van der Waals surface area contributed by atoms with Gasteiger partial charge >= 0.3 is 11.9 Å². The molecule has 0 spiro atoms. The summed E-state index contributed by atoms with van der Waals surface area (Å²) in [5, 5.41) is 8.83. The summed E-state index contributed by atoms with van der Waals surface area (Å²) in [6.07, 6.45) is 45.7. The van der Waals surface area contributed by atoms with Crippen molar-refractivity contribution >= 4 is 11.9 Å². The molecule has 1 unspecified atom stereocenters. The molecule has 0 aliphatic carbocycles. The molecule has 1 atom stereocenters. The maximum atomic E-state index is 12.6. The van der Waals surface area contributed by atoms with Gasteiger partial charge in [0, 0.05) is 12.8 Å². The second-order valence-electron chi connectivity index (χ2n) is 14.5. The predicted molar refractivity (Wildman–Crippen MR) is 200 cm³/mol. The molecule has 0 aliphatic rings. The van der Waals surface area contributed by atoms with E-state index in [9.17, 15) is 9.59 Å². The van der Waals surface area contributed by atoms with E-state index in [0.717, 1.165) is 57.8 Å². The zero-order chi connectivity index (χ0) is 33.6. The van der Waals surface area contributed by atoms with E-state index in [1.165, 1.54) is 167 Å². The molecular formula is C42H82O4. The number of rotatable bonds is 39. The lowest BCUT2D eigenvalue weighted by Crippen LogP contribution is -2.18. The number of unbranched alkanes of at least 4 members (excludes halogenated alkanes) is 30. The van der Waals surface area contributed by atoms with Gasteiger partial charge in [-0.15, -0.1) is 0 Å². The highest BCUT2D eigenvalue weighted by atomic mass is 16.5. The van der Waals surface area contributed by atoms with E-state index in [4.69, 9.17) is 9.84 Å². The first-order chi connectivity index (χ1) is 22.6. The van der Waals surface area contributed by atoms with Crippen LogP contribution in [0.25, 0.3) is 0 Å². The zero-order valence-corrected chi connectivity index (χ0v) is 31.4. The lowest BCUT2D eigenvalue weighted by atomic mass is 10.0. The summed E-state index contributed by atoms with van der Waals surface area (Å²) in [4.78, 5) is 23.3. The fourth-order valence-electron chi connectivity index (χ4n) is 6.72. The lowest BCUT2D eigenvalue weighted by molar-refractivity contribution is -0.150. The molecule has 0 amide bonds. The van der Waals surface area contributed by atoms with E-state index < -0.39 is 5.97 Å². The standard InChI is InChI=1S/C42H82O4/c1-3-5-7-9-11-13-14-15-16-17-18-19-20-21-22-23-24-25-27-29-35-39-42(45)46-40(37-33-30-31-34-38-41(43)44)36-32-28-26-12-10-8-6-4-2/h40H,3-39H2,1-2H3,(H,43,44). The van der Waals surface area contributed by atoms with Crippen LogP contribution in [0, 0.1) is 0 Å². The molecule has 0 saturated carbocycles. The zero-order valence-electron chi connectivity index (χ0n) is 31.4. The highest BCUT2D eigenvalue weighted by Gasteiger charge is 2.14. The molecule has 1 N–H and O–H groups in total. The summed E-state index contributed by atoms with van der Waals surface area (Å²) in [6, 6.07) is 0. The number of carboxylic acid groups (broad SMARTS) is 1. The number of carboxylic acids is 1. The predicted octanol–water partition coefficient (Wildman–Crippen LogP) is 14.5. The molecular weight excluding hydrogens is 568 g/mol. The monoisotopic (exact) mass is 651 g/mol. The van der Waals surface area contributed by atoms with E-state index in [2.05, 4.69) is 13.8 Å². The van der Waals surface area contributed by atoms with Crippen molar-refractivity contribution in [3.63, 3.8) is 0 Å². The van der Waals surface area contributed by atoms with Crippen molar-refractivity contribution in [2.45, 2.75) is 258 Å². The van der Waals surface area contributed by atoms with E-state index in [1.807, 2.05) is 0 Å². The highest BCUT2D eigenvalue weighted by molar-refractivity contribution is 5.69. The van der Waals surface area contributed by atoms with Gasteiger partial charge in [0.15, 0.2) is 0 Å². The number of esters is 1. The van der Waals surface area contributed by atoms with Gasteiger partial charge in [0.05, 0.1) is 0 Å². The van der Waals surface area contributed by atoms with Gasteiger partial charge in [-0.05, 0) is 38.5 Å². The SMILES string of the molecule is CCCCCCCCCCCCCCCCCCCCCCCC(=O)OC(CCCCCCCCCC)CCCCCCC(=O)O. The van der Waals surface area contributed by atoms with Crippen molar-refractivity contribution in [3.05, 3.63) is 0 Å². The van der Waals surface area contributed by atoms with Crippen LogP contribution >= 0.6 is 0 Å². The van der Waals surface area contributed by atoms with Gasteiger partial charge < -0.3 is 9.84 Å². The maximum absolute atomic E-state index is 12.6. The molecule has 0 saturated heterocycles. The van der Waals surface area contributed by atoms with Crippen molar-refractivity contribution in [2.75, 3.05) is 0 Å². The Morgan fingerprint density at radius 3 is 0.957 bits per heavy atom. The number of carbonyl (C=O) groups excluding carboxylic acids is 1. The van der Waals surface area contributed by atoms with Crippen molar-refractivity contribution in [2.24, 2.45) is 0 Å². The first kappa shape index (κ1) is 44.9. The first-order valence-electron chi connectivity index (χ1n) is 21.0. The number of carbonyl (C=O) groups is 2. The summed E-state index contributed by atoms with van der Waals surface area (Å²) in [7, 11) is 0. The normalized spacial score (nSPS) is 12.0. The average molecular weight is 651 g/mol. The third kappa shape index (κ3) is 37.4. The van der Waals surface area contributed by atoms with Gasteiger partial charge in [-0.3, -0.25) is 9.59 Å². The Bertz CT molecular complexity index is 619. The molecule has 4 heteroatoms. The van der Waals surface area contributed by atoms with Crippen LogP contribution < -0.4 is 0 Å². The summed E-state index contributed by atoms with van der Waals surface area (Å²) < 4.78 is 5.97. The lowest BCUT2D eigenvalue weighted by Gasteiger charge is -2.18. The molecule has 0 aliphatic heterocycles. The van der Waals surface area contributed by atoms with Crippen LogP contribution in [0.5, 0.6) is 0 Å². The van der Waals surface area contributed by atoms with Crippen molar-refractivity contribution in [1.29, 1.82) is 0 Å². The Labute approximate surface area is 288 Å². The Balaban J connectivity index is 3.74. The van der Waals surface area contributed by atoms with Gasteiger partial charge in [-0.25, -0.2) is 0 Å². The molecule has 0 aromatic rings. The van der Waals surface area contributed by atoms with Crippen LogP contribution in [0.1, 0.15) is 251 Å². The van der Waals surface area contributed by atoms with Gasteiger partial charge in [0.1, 0.15) is 6.10 Å². The molecule has 0 radical (unpaired) electrons. The topological polar surface area (TPSA) is 63.6 Å². The Morgan fingerprint density at radius 2 is 0.652 bits per heavy atom. The van der Waals surface area contributed by atoms with Crippen LogP contribution in [0.15, 0.2) is 0 Å². The summed E-state index contributed by atoms with van der Waals surface area (Å²) in [5.41, 5.74) is 0. The smallest absolute Gasteiger partial charge is 0.306 e. The quantitative estimate of drug-likeness (QED) is 0.0531. The minimum atomic E-state index is -0.707. The second kappa shape index (κ2) is 38.4. The fraction of sp³-hybridized carbons (Fsp3) is 0.952. The van der Waals surface area contributed by atoms with E-state index in [1.54, 1.807) is 0 Å². The number of ether oxygens (including phenoxy) is 1. The summed E-state index contributed by atoms with van der Waals surface area (Å²) >= 11 is 0. The molecule has 0 aromatic carbocycles. The molecule has 274 valence electrons. The van der Waals surface area contributed by atoms with E-state index in [0.29, 0.717) is 6.42 Å². The van der Waals surface area contributed by atoms with Crippen molar-refractivity contribution < 1.29 is 19.4 Å². The molecule has 4 nitrogen and oxygen atoms in total. The molecule has 0 fully saturated rings. The summed E-state index contributed by atoms with van der Waals surface area (Å²) in [6.45, 7) is 4.55.